The van der Waals surface area contributed by atoms with Crippen LogP contribution < -0.4 is 9.64 Å². The van der Waals surface area contributed by atoms with Gasteiger partial charge in [-0.15, -0.1) is 0 Å². The van der Waals surface area contributed by atoms with E-state index in [1.54, 1.807) is 29.2 Å². The highest BCUT2D eigenvalue weighted by molar-refractivity contribution is 5.96. The van der Waals surface area contributed by atoms with Gasteiger partial charge in [0.25, 0.3) is 5.91 Å². The predicted molar refractivity (Wildman–Crippen MR) is 84.4 cm³/mol. The minimum absolute atomic E-state index is 0.00620. The first-order chi connectivity index (χ1) is 10.6. The van der Waals surface area contributed by atoms with Gasteiger partial charge in [-0.1, -0.05) is 18.2 Å². The molecule has 4 nitrogen and oxygen atoms in total. The van der Waals surface area contributed by atoms with Crippen LogP contribution in [0.25, 0.3) is 0 Å². The number of ether oxygens (including phenoxy) is 1. The van der Waals surface area contributed by atoms with Crippen LogP contribution in [-0.2, 0) is 11.2 Å². The second kappa shape index (κ2) is 6.02. The van der Waals surface area contributed by atoms with Crippen LogP contribution in [0, 0.1) is 0 Å². The van der Waals surface area contributed by atoms with Gasteiger partial charge in [-0.25, -0.2) is 0 Å². The second-order valence-electron chi connectivity index (χ2n) is 5.29. The molecule has 112 valence electrons. The third kappa shape index (κ3) is 2.86. The topological polar surface area (TPSA) is 46.6 Å². The quantitative estimate of drug-likeness (QED) is 0.815. The minimum atomic E-state index is -0.0550. The van der Waals surface area contributed by atoms with Gasteiger partial charge >= 0.3 is 0 Å². The molecule has 3 rings (SSSR count). The van der Waals surface area contributed by atoms with Crippen molar-refractivity contribution in [3.8, 4) is 5.75 Å². The van der Waals surface area contributed by atoms with Crippen molar-refractivity contribution < 1.29 is 14.3 Å². The number of hydrogen-bond acceptors (Lipinski definition) is 3. The van der Waals surface area contributed by atoms with Crippen molar-refractivity contribution in [1.82, 2.24) is 0 Å². The molecule has 2 aromatic carbocycles. The summed E-state index contributed by atoms with van der Waals surface area (Å²) in [6.45, 7) is 2.21. The number of ketones is 1. The lowest BCUT2D eigenvalue weighted by Gasteiger charge is -2.17. The number of hydrogen-bond donors (Lipinski definition) is 0. The van der Waals surface area contributed by atoms with Crippen molar-refractivity contribution in [2.75, 3.05) is 18.1 Å². The van der Waals surface area contributed by atoms with E-state index in [9.17, 15) is 9.59 Å². The Morgan fingerprint density at radius 2 is 1.82 bits per heavy atom. The molecule has 0 unspecified atom stereocenters. The molecule has 0 saturated carbocycles. The molecule has 22 heavy (non-hydrogen) atoms. The number of carbonyl (C=O) groups excluding carboxylic acids is 2. The minimum Gasteiger partial charge on any atom is -0.484 e. The zero-order valence-corrected chi connectivity index (χ0v) is 12.4. The van der Waals surface area contributed by atoms with Crippen LogP contribution in [0.5, 0.6) is 5.75 Å². The number of anilines is 1. The summed E-state index contributed by atoms with van der Waals surface area (Å²) in [7, 11) is 0. The van der Waals surface area contributed by atoms with Crippen molar-refractivity contribution in [3.05, 3.63) is 59.7 Å². The lowest BCUT2D eigenvalue weighted by molar-refractivity contribution is -0.120. The first-order valence-corrected chi connectivity index (χ1v) is 7.27. The largest absolute Gasteiger partial charge is 0.484 e. The molecule has 0 fully saturated rings. The van der Waals surface area contributed by atoms with Gasteiger partial charge in [-0.2, -0.15) is 0 Å². The molecule has 1 aliphatic rings. The maximum atomic E-state index is 12.3. The molecule has 0 atom stereocenters. The summed E-state index contributed by atoms with van der Waals surface area (Å²) in [5.74, 6) is 0.544. The van der Waals surface area contributed by atoms with Crippen molar-refractivity contribution >= 4 is 17.4 Å². The smallest absolute Gasteiger partial charge is 0.264 e. The van der Waals surface area contributed by atoms with Gasteiger partial charge < -0.3 is 9.64 Å². The fourth-order valence-electron chi connectivity index (χ4n) is 2.61. The standard InChI is InChI=1S/C18H17NO3/c1-13(20)14-6-8-16(9-7-14)22-12-18(21)19-11-10-15-4-2-3-5-17(15)19/h2-9H,10-12H2,1H3. The van der Waals surface area contributed by atoms with E-state index < -0.39 is 0 Å². The fourth-order valence-corrected chi connectivity index (χ4v) is 2.61. The van der Waals surface area contributed by atoms with E-state index >= 15 is 0 Å². The molecular weight excluding hydrogens is 278 g/mol. The third-order valence-electron chi connectivity index (χ3n) is 3.81. The number of carbonyl (C=O) groups is 2. The maximum Gasteiger partial charge on any atom is 0.264 e. The fraction of sp³-hybridized carbons (Fsp3) is 0.222. The van der Waals surface area contributed by atoms with Crippen LogP contribution in [-0.4, -0.2) is 24.8 Å². The van der Waals surface area contributed by atoms with Crippen LogP contribution in [0.3, 0.4) is 0 Å². The Morgan fingerprint density at radius 3 is 2.55 bits per heavy atom. The molecule has 1 heterocycles. The van der Waals surface area contributed by atoms with Gasteiger partial charge in [0.1, 0.15) is 5.75 Å². The van der Waals surface area contributed by atoms with Crippen LogP contribution in [0.1, 0.15) is 22.8 Å². The van der Waals surface area contributed by atoms with E-state index in [-0.39, 0.29) is 18.3 Å². The number of nitrogens with zero attached hydrogens (tertiary/aromatic N) is 1. The Bertz CT molecular complexity index is 707. The summed E-state index contributed by atoms with van der Waals surface area (Å²) in [5.41, 5.74) is 2.80. The third-order valence-corrected chi connectivity index (χ3v) is 3.81. The zero-order valence-electron chi connectivity index (χ0n) is 12.4. The maximum absolute atomic E-state index is 12.3. The Labute approximate surface area is 129 Å². The van der Waals surface area contributed by atoms with Crippen LogP contribution in [0.15, 0.2) is 48.5 Å². The molecular formula is C18H17NO3. The van der Waals surface area contributed by atoms with Crippen molar-refractivity contribution in [1.29, 1.82) is 0 Å². The average Bonchev–Trinajstić information content (AvgIpc) is 2.97. The molecule has 2 aromatic rings. The van der Waals surface area contributed by atoms with Gasteiger partial charge in [0, 0.05) is 17.8 Å². The number of Topliss-reactive ketones (excluding diaryl/α,β-unsaturated/α-hetero) is 1. The highest BCUT2D eigenvalue weighted by atomic mass is 16.5. The molecule has 0 spiro atoms. The summed E-state index contributed by atoms with van der Waals surface area (Å²) < 4.78 is 5.53. The highest BCUT2D eigenvalue weighted by Gasteiger charge is 2.24. The van der Waals surface area contributed by atoms with Crippen molar-refractivity contribution in [3.63, 3.8) is 0 Å². The molecule has 4 heteroatoms. The number of rotatable bonds is 4. The van der Waals surface area contributed by atoms with E-state index in [1.165, 1.54) is 12.5 Å². The Balaban J connectivity index is 1.62. The van der Waals surface area contributed by atoms with Gasteiger partial charge in [0.2, 0.25) is 0 Å². The second-order valence-corrected chi connectivity index (χ2v) is 5.29. The summed E-state index contributed by atoms with van der Waals surface area (Å²) >= 11 is 0. The number of para-hydroxylation sites is 1. The number of benzene rings is 2. The summed E-state index contributed by atoms with van der Waals surface area (Å²) in [6.07, 6.45) is 0.884. The predicted octanol–water partition coefficient (Wildman–Crippen LogP) is 2.86. The SMILES string of the molecule is CC(=O)c1ccc(OCC(=O)N2CCc3ccccc32)cc1. The first kappa shape index (κ1) is 14.3. The van der Waals surface area contributed by atoms with Gasteiger partial charge in [0.05, 0.1) is 0 Å². The molecule has 0 N–H and O–H groups in total. The van der Waals surface area contributed by atoms with Crippen LogP contribution in [0.2, 0.25) is 0 Å². The number of amides is 1. The van der Waals surface area contributed by atoms with E-state index in [0.29, 0.717) is 17.9 Å². The summed E-state index contributed by atoms with van der Waals surface area (Å²) in [6, 6.07) is 14.8. The normalized spacial score (nSPS) is 12.9. The van der Waals surface area contributed by atoms with Crippen molar-refractivity contribution in [2.24, 2.45) is 0 Å². The van der Waals surface area contributed by atoms with Gasteiger partial charge in [-0.05, 0) is 49.2 Å². The Hall–Kier alpha value is -2.62. The van der Waals surface area contributed by atoms with E-state index in [0.717, 1.165) is 12.1 Å². The van der Waals surface area contributed by atoms with E-state index in [1.807, 2.05) is 24.3 Å². The molecule has 0 bridgehead atoms. The van der Waals surface area contributed by atoms with E-state index in [4.69, 9.17) is 4.74 Å². The van der Waals surface area contributed by atoms with Crippen molar-refractivity contribution in [2.45, 2.75) is 13.3 Å². The zero-order chi connectivity index (χ0) is 15.5. The van der Waals surface area contributed by atoms with Gasteiger partial charge in [0.15, 0.2) is 12.4 Å². The molecule has 1 aliphatic heterocycles. The van der Waals surface area contributed by atoms with Crippen LogP contribution in [0.4, 0.5) is 5.69 Å². The lowest BCUT2D eigenvalue weighted by Crippen LogP contribution is -2.33. The molecule has 0 saturated heterocycles. The lowest BCUT2D eigenvalue weighted by atomic mass is 10.1. The summed E-state index contributed by atoms with van der Waals surface area (Å²) in [4.78, 5) is 25.3. The summed E-state index contributed by atoms with van der Waals surface area (Å²) in [5, 5.41) is 0. The molecule has 0 aromatic heterocycles. The highest BCUT2D eigenvalue weighted by Crippen LogP contribution is 2.27. The van der Waals surface area contributed by atoms with Crippen LogP contribution >= 0.6 is 0 Å². The monoisotopic (exact) mass is 295 g/mol. The average molecular weight is 295 g/mol. The molecule has 0 aliphatic carbocycles. The Morgan fingerprint density at radius 1 is 1.09 bits per heavy atom. The van der Waals surface area contributed by atoms with E-state index in [2.05, 4.69) is 0 Å². The number of fused-ring (bicyclic) bond motifs is 1. The van der Waals surface area contributed by atoms with Gasteiger partial charge in [-0.3, -0.25) is 9.59 Å². The molecule has 1 amide bonds. The molecule has 0 radical (unpaired) electrons. The Kier molecular flexibility index (Phi) is 3.92. The first-order valence-electron chi connectivity index (χ1n) is 7.27.